The van der Waals surface area contributed by atoms with Gasteiger partial charge in [-0.2, -0.15) is 0 Å². The van der Waals surface area contributed by atoms with Crippen molar-refractivity contribution in [1.29, 1.82) is 0 Å². The van der Waals surface area contributed by atoms with Gasteiger partial charge in [0, 0.05) is 49.8 Å². The van der Waals surface area contributed by atoms with Crippen LogP contribution in [0.3, 0.4) is 0 Å². The molecule has 0 amide bonds. The molecule has 1 aromatic rings. The van der Waals surface area contributed by atoms with Gasteiger partial charge in [-0.15, -0.1) is 0 Å². The molecule has 1 N–H and O–H groups in total. The summed E-state index contributed by atoms with van der Waals surface area (Å²) in [4.78, 5) is 13.0. The summed E-state index contributed by atoms with van der Waals surface area (Å²) >= 11 is 0. The molecule has 1 aliphatic rings. The third-order valence-corrected chi connectivity index (χ3v) is 39.4. The van der Waals surface area contributed by atoms with Crippen LogP contribution < -0.4 is 5.19 Å². The summed E-state index contributed by atoms with van der Waals surface area (Å²) in [6.45, 7) is 46.3. The lowest BCUT2D eigenvalue weighted by atomic mass is 10.1. The Bertz CT molecular complexity index is 1060. The Kier molecular flexibility index (Phi) is 10.0. The van der Waals surface area contributed by atoms with Crippen LogP contribution in [0.25, 0.3) is 0 Å². The predicted octanol–water partition coefficient (Wildman–Crippen LogP) is 10.0. The molecular formula is C32H66OSi7. The first kappa shape index (κ1) is 34.7. The number of allylic oxidation sites excluding steroid dienone is 3. The van der Waals surface area contributed by atoms with Crippen LogP contribution in [0.2, 0.25) is 124 Å². The Labute approximate surface area is 259 Å². The summed E-state index contributed by atoms with van der Waals surface area (Å²) in [6.07, 6.45) is 6.01. The molecular weight excluding hydrogens is 597 g/mol. The Morgan fingerprint density at radius 3 is 1.18 bits per heavy atom. The van der Waals surface area contributed by atoms with Gasteiger partial charge in [0.05, 0.1) is 0 Å². The first-order valence-corrected chi connectivity index (χ1v) is 39.2. The number of hydrogen-bond acceptors (Lipinski definition) is 1. The molecule has 0 fully saturated rings. The van der Waals surface area contributed by atoms with E-state index in [1.807, 2.05) is 12.2 Å². The zero-order valence-electron chi connectivity index (χ0n) is 30.7. The average Bonchev–Trinajstić information content (AvgIpc) is 2.63. The predicted molar refractivity (Wildman–Crippen MR) is 205 cm³/mol. The molecule has 1 aromatic carbocycles. The van der Waals surface area contributed by atoms with E-state index >= 15 is 0 Å². The SMILES string of the molecule is [2H]C1C=CC=C[Si]1(O)c1c(C([Si](C)(C)C)[Si](C)(C)C)cc(C([Si](C)(C)C)[Si](C)(C)C)cc1C([Si](C)(C)C)[Si](C)(C)C. The lowest BCUT2D eigenvalue weighted by Crippen LogP contribution is -2.59. The molecule has 228 valence electrons. The van der Waals surface area contributed by atoms with Gasteiger partial charge in [-0.25, -0.2) is 0 Å². The maximum atomic E-state index is 13.0. The van der Waals surface area contributed by atoms with E-state index in [0.717, 1.165) is 0 Å². The molecule has 0 bridgehead atoms. The molecule has 2 rings (SSSR count). The van der Waals surface area contributed by atoms with E-state index in [1.165, 1.54) is 16.3 Å². The molecule has 0 spiro atoms. The molecule has 0 aliphatic carbocycles. The van der Waals surface area contributed by atoms with E-state index < -0.39 is 62.8 Å². The molecule has 2 unspecified atom stereocenters. The summed E-state index contributed by atoms with van der Waals surface area (Å²) in [6, 6.07) is 4.76. The second-order valence-corrected chi connectivity index (χ2v) is 55.7. The number of hydrogen-bond donors (Lipinski definition) is 1. The van der Waals surface area contributed by atoms with Gasteiger partial charge in [0.25, 0.3) is 0 Å². The van der Waals surface area contributed by atoms with Crippen molar-refractivity contribution in [2.24, 2.45) is 0 Å². The molecule has 0 saturated heterocycles. The number of benzene rings is 1. The summed E-state index contributed by atoms with van der Waals surface area (Å²) in [5.41, 5.74) is 6.68. The van der Waals surface area contributed by atoms with E-state index in [4.69, 9.17) is 0 Å². The van der Waals surface area contributed by atoms with Crippen LogP contribution >= 0.6 is 0 Å². The number of rotatable bonds is 10. The first-order valence-electron chi connectivity index (χ1n) is 16.2. The van der Waals surface area contributed by atoms with Gasteiger partial charge in [0.2, 0.25) is 8.32 Å². The highest BCUT2D eigenvalue weighted by Crippen LogP contribution is 2.45. The molecule has 1 heterocycles. The Hall–Kier alpha value is 0.178. The monoisotopic (exact) mass is 663 g/mol. The lowest BCUT2D eigenvalue weighted by Gasteiger charge is -2.47. The van der Waals surface area contributed by atoms with E-state index in [-0.39, 0.29) is 0 Å². The van der Waals surface area contributed by atoms with E-state index in [0.29, 0.717) is 15.5 Å². The van der Waals surface area contributed by atoms with Crippen molar-refractivity contribution in [2.45, 2.75) is 139 Å². The van der Waals surface area contributed by atoms with Gasteiger partial charge in [0.15, 0.2) is 0 Å². The van der Waals surface area contributed by atoms with Crippen molar-refractivity contribution in [3.8, 4) is 0 Å². The van der Waals surface area contributed by atoms with E-state index in [1.54, 1.807) is 5.56 Å². The highest BCUT2D eigenvalue weighted by molar-refractivity contribution is 6.99. The molecule has 8 heteroatoms. The maximum Gasteiger partial charge on any atom is 0.249 e. The molecule has 0 radical (unpaired) electrons. The largest absolute Gasteiger partial charge is 0.424 e. The van der Waals surface area contributed by atoms with Crippen molar-refractivity contribution in [3.63, 3.8) is 0 Å². The fourth-order valence-corrected chi connectivity index (χ4v) is 50.6. The van der Waals surface area contributed by atoms with Crippen LogP contribution in [-0.4, -0.2) is 61.6 Å². The molecule has 0 aromatic heterocycles. The van der Waals surface area contributed by atoms with Gasteiger partial charge in [-0.1, -0.05) is 154 Å². The maximum absolute atomic E-state index is 13.0. The van der Waals surface area contributed by atoms with E-state index in [2.05, 4.69) is 142 Å². The lowest BCUT2D eigenvalue weighted by molar-refractivity contribution is 0.567. The van der Waals surface area contributed by atoms with Crippen LogP contribution in [0, 0.1) is 0 Å². The first-order chi connectivity index (χ1) is 17.9. The molecule has 0 saturated carbocycles. The molecule has 40 heavy (non-hydrogen) atoms. The molecule has 1 nitrogen and oxygen atoms in total. The second-order valence-electron chi connectivity index (χ2n) is 19.3. The molecule has 1 aliphatic heterocycles. The van der Waals surface area contributed by atoms with Gasteiger partial charge in [-0.05, 0) is 43.4 Å². The zero-order chi connectivity index (χ0) is 32.4. The minimum Gasteiger partial charge on any atom is -0.424 e. The Morgan fingerprint density at radius 1 is 0.575 bits per heavy atom. The van der Waals surface area contributed by atoms with Crippen LogP contribution in [0.4, 0.5) is 0 Å². The fourth-order valence-electron chi connectivity index (χ4n) is 9.25. The topological polar surface area (TPSA) is 20.2 Å². The summed E-state index contributed by atoms with van der Waals surface area (Å²) < 4.78 is 9.33. The highest BCUT2D eigenvalue weighted by atomic mass is 28.4. The normalized spacial score (nSPS) is 22.1. The Morgan fingerprint density at radius 2 is 0.900 bits per heavy atom. The minimum atomic E-state index is -3.28. The van der Waals surface area contributed by atoms with Crippen molar-refractivity contribution < 1.29 is 6.17 Å². The zero-order valence-corrected chi connectivity index (χ0v) is 36.7. The second kappa shape index (κ2) is 11.6. The standard InChI is InChI=1S/C32H66OSi7/c1-34(2,3)30(35(4,5)6)26-24-27(31(36(7,8)9)37(10,11)12)29(40(33)22-20-19-21-23-40)28(25-26)32(38(13,14)15)39(16,17)18/h19-22,24-25,30-33H,23H2,1-18H3/i23D. The smallest absolute Gasteiger partial charge is 0.249 e. The summed E-state index contributed by atoms with van der Waals surface area (Å²) in [7, 11) is -13.2. The van der Waals surface area contributed by atoms with Gasteiger partial charge in [-0.3, -0.25) is 0 Å². The van der Waals surface area contributed by atoms with Crippen molar-refractivity contribution in [2.75, 3.05) is 0 Å². The van der Waals surface area contributed by atoms with Gasteiger partial charge < -0.3 is 4.80 Å². The van der Waals surface area contributed by atoms with Crippen LogP contribution in [0.1, 0.15) is 33.6 Å². The average molecular weight is 664 g/mol. The third kappa shape index (κ3) is 8.21. The summed E-state index contributed by atoms with van der Waals surface area (Å²) in [5, 5.41) is 2.98. The van der Waals surface area contributed by atoms with Gasteiger partial charge in [0.1, 0.15) is 0 Å². The third-order valence-electron chi connectivity index (χ3n) is 8.70. The highest BCUT2D eigenvalue weighted by Gasteiger charge is 2.49. The van der Waals surface area contributed by atoms with Crippen molar-refractivity contribution in [1.82, 2.24) is 0 Å². The quantitative estimate of drug-likeness (QED) is 0.247. The minimum absolute atomic E-state index is 0.527. The fraction of sp³-hybridized carbons (Fsp3) is 0.688. The van der Waals surface area contributed by atoms with Crippen molar-refractivity contribution >= 4 is 61.9 Å². The summed E-state index contributed by atoms with van der Waals surface area (Å²) in [5.74, 6) is 0. The van der Waals surface area contributed by atoms with Crippen LogP contribution in [0.5, 0.6) is 0 Å². The van der Waals surface area contributed by atoms with Crippen molar-refractivity contribution in [3.05, 3.63) is 52.8 Å². The van der Waals surface area contributed by atoms with E-state index in [9.17, 15) is 6.17 Å². The van der Waals surface area contributed by atoms with Crippen LogP contribution in [0.15, 0.2) is 36.1 Å². The molecule has 2 atom stereocenters. The van der Waals surface area contributed by atoms with Gasteiger partial charge >= 0.3 is 0 Å². The Balaban J connectivity index is 3.41. The van der Waals surface area contributed by atoms with Crippen LogP contribution in [-0.2, 0) is 0 Å².